The van der Waals surface area contributed by atoms with Gasteiger partial charge in [0, 0.05) is 33.3 Å². The molecule has 1 saturated heterocycles. The maximum Gasteiger partial charge on any atom is 0.407 e. The van der Waals surface area contributed by atoms with Crippen LogP contribution in [0, 0.1) is 11.9 Å². The first-order valence-corrected chi connectivity index (χ1v) is 17.0. The van der Waals surface area contributed by atoms with E-state index in [2.05, 4.69) is 35.4 Å². The van der Waals surface area contributed by atoms with E-state index in [9.17, 15) is 14.7 Å². The van der Waals surface area contributed by atoms with Gasteiger partial charge >= 0.3 is 6.09 Å². The highest BCUT2D eigenvalue weighted by molar-refractivity contribution is 6.01. The summed E-state index contributed by atoms with van der Waals surface area (Å²) in [4.78, 5) is 26.2. The second kappa shape index (κ2) is 15.5. The van der Waals surface area contributed by atoms with Gasteiger partial charge in [-0.2, -0.15) is 4.39 Å². The van der Waals surface area contributed by atoms with E-state index in [1.165, 1.54) is 27.5 Å². The number of benzene rings is 3. The number of fused-ring (bicyclic) bond motifs is 1. The summed E-state index contributed by atoms with van der Waals surface area (Å²) in [6.45, 7) is 1.00. The highest BCUT2D eigenvalue weighted by Crippen LogP contribution is 2.45. The normalized spacial score (nSPS) is 17.1. The quantitative estimate of drug-likeness (QED) is 0.123. The molecular weight excluding hydrogens is 623 g/mol. The predicted molar refractivity (Wildman–Crippen MR) is 188 cm³/mol. The van der Waals surface area contributed by atoms with Crippen LogP contribution in [0.3, 0.4) is 0 Å². The van der Waals surface area contributed by atoms with Crippen LogP contribution in [0.25, 0.3) is 22.0 Å². The van der Waals surface area contributed by atoms with E-state index in [0.29, 0.717) is 23.7 Å². The number of amides is 2. The van der Waals surface area contributed by atoms with Crippen molar-refractivity contribution < 1.29 is 28.6 Å². The molecule has 49 heavy (non-hydrogen) atoms. The highest BCUT2D eigenvalue weighted by Gasteiger charge is 2.28. The fourth-order valence-electron chi connectivity index (χ4n) is 6.46. The second-order valence-corrected chi connectivity index (χ2v) is 12.8. The average Bonchev–Trinajstić information content (AvgIpc) is 3.43. The van der Waals surface area contributed by atoms with E-state index in [0.717, 1.165) is 66.3 Å². The fraction of sp³-hybridized carbons (Fsp3) is 0.359. The molecule has 6 rings (SSSR count). The summed E-state index contributed by atoms with van der Waals surface area (Å²) >= 11 is 0. The molecular formula is C39H43FN4O5. The molecule has 1 saturated carbocycles. The summed E-state index contributed by atoms with van der Waals surface area (Å²) in [6, 6.07) is 24.1. The van der Waals surface area contributed by atoms with E-state index >= 15 is 4.39 Å². The summed E-state index contributed by atoms with van der Waals surface area (Å²) in [6.07, 6.45) is 7.69. The van der Waals surface area contributed by atoms with Gasteiger partial charge in [-0.3, -0.25) is 4.79 Å². The van der Waals surface area contributed by atoms with Crippen LogP contribution < -0.4 is 4.74 Å². The minimum absolute atomic E-state index is 0.0757. The van der Waals surface area contributed by atoms with Gasteiger partial charge in [-0.1, -0.05) is 61.0 Å². The third kappa shape index (κ3) is 7.86. The first-order valence-electron chi connectivity index (χ1n) is 17.0. The molecule has 1 aliphatic carbocycles. The van der Waals surface area contributed by atoms with Crippen molar-refractivity contribution in [2.24, 2.45) is 5.92 Å². The number of halogens is 1. The van der Waals surface area contributed by atoms with Crippen molar-refractivity contribution in [2.45, 2.75) is 44.8 Å². The number of allylic oxidation sites excluding steroid dienone is 1. The van der Waals surface area contributed by atoms with Gasteiger partial charge in [-0.25, -0.2) is 9.48 Å². The summed E-state index contributed by atoms with van der Waals surface area (Å²) < 4.78 is 29.1. The van der Waals surface area contributed by atoms with E-state index in [-0.39, 0.29) is 31.8 Å². The minimum atomic E-state index is -1.09. The van der Waals surface area contributed by atoms with Gasteiger partial charge < -0.3 is 24.4 Å². The first-order chi connectivity index (χ1) is 23.8. The van der Waals surface area contributed by atoms with Gasteiger partial charge in [0.15, 0.2) is 6.23 Å². The van der Waals surface area contributed by atoms with Gasteiger partial charge in [-0.05, 0) is 90.1 Å². The molecule has 1 aromatic heterocycles. The third-order valence-electron chi connectivity index (χ3n) is 9.32. The molecule has 1 N–H and O–H groups in total. The zero-order chi connectivity index (χ0) is 34.3. The number of carboxylic acid groups (broad SMARTS) is 1. The number of hydrogen-bond acceptors (Lipinski definition) is 5. The number of aromatic nitrogens is 2. The van der Waals surface area contributed by atoms with Crippen LogP contribution in [0.4, 0.5) is 9.18 Å². The van der Waals surface area contributed by atoms with Crippen LogP contribution in [0.5, 0.6) is 5.75 Å². The molecule has 1 unspecified atom stereocenters. The Balaban J connectivity index is 1.29. The van der Waals surface area contributed by atoms with Crippen LogP contribution in [0.15, 0.2) is 84.9 Å². The Bertz CT molecular complexity index is 1820. The maximum absolute atomic E-state index is 15.5. The number of hydrogen-bond donors (Lipinski definition) is 1. The van der Waals surface area contributed by atoms with Gasteiger partial charge in [-0.15, -0.1) is 5.10 Å². The molecule has 0 radical (unpaired) electrons. The molecule has 9 nitrogen and oxygen atoms in total. The van der Waals surface area contributed by atoms with Crippen molar-refractivity contribution in [3.05, 3.63) is 108 Å². The smallest absolute Gasteiger partial charge is 0.407 e. The topological polar surface area (TPSA) is 97.1 Å². The number of likely N-dealkylation sites (N-methyl/N-ethyl adjacent to an activating group) is 1. The first kappa shape index (κ1) is 33.9. The Morgan fingerprint density at radius 2 is 1.73 bits per heavy atom. The van der Waals surface area contributed by atoms with Crippen LogP contribution >= 0.6 is 0 Å². The largest absolute Gasteiger partial charge is 0.492 e. The van der Waals surface area contributed by atoms with E-state index < -0.39 is 12.0 Å². The van der Waals surface area contributed by atoms with Gasteiger partial charge in [0.25, 0.3) is 0 Å². The zero-order valence-corrected chi connectivity index (χ0v) is 28.1. The lowest BCUT2D eigenvalue weighted by Gasteiger charge is -2.31. The zero-order valence-electron chi connectivity index (χ0n) is 28.1. The molecule has 0 bridgehead atoms. The molecule has 2 heterocycles. The number of carbonyl (C=O) groups excluding carboxylic acids is 1. The Hall–Kier alpha value is -4.96. The van der Waals surface area contributed by atoms with Crippen LogP contribution in [-0.2, 0) is 9.53 Å². The average molecular weight is 667 g/mol. The SMILES string of the molecule is CN(C)C(=O)/C=C/CN(CCOc1ccc(/C(=C(\c2ccccc2)C2CCC2)c2ccc3c(c2)c(F)nn3C2CCCCO2)cc1)C(=O)O. The lowest BCUT2D eigenvalue weighted by Crippen LogP contribution is -2.33. The third-order valence-corrected chi connectivity index (χ3v) is 9.32. The minimum Gasteiger partial charge on any atom is -0.492 e. The van der Waals surface area contributed by atoms with Gasteiger partial charge in [0.2, 0.25) is 11.9 Å². The molecule has 2 amide bonds. The Kier molecular flexibility index (Phi) is 10.7. The monoisotopic (exact) mass is 666 g/mol. The molecule has 0 spiro atoms. The molecule has 3 aromatic carbocycles. The lowest BCUT2D eigenvalue weighted by atomic mass is 9.73. The van der Waals surface area contributed by atoms with Crippen molar-refractivity contribution in [1.29, 1.82) is 0 Å². The molecule has 256 valence electrons. The Morgan fingerprint density at radius 1 is 0.980 bits per heavy atom. The highest BCUT2D eigenvalue weighted by atomic mass is 19.1. The van der Waals surface area contributed by atoms with Crippen molar-refractivity contribution in [2.75, 3.05) is 40.4 Å². The molecule has 1 atom stereocenters. The number of ether oxygens (including phenoxy) is 2. The van der Waals surface area contributed by atoms with Crippen molar-refractivity contribution in [1.82, 2.24) is 19.6 Å². The Morgan fingerprint density at radius 3 is 2.39 bits per heavy atom. The van der Waals surface area contributed by atoms with E-state index in [4.69, 9.17) is 9.47 Å². The summed E-state index contributed by atoms with van der Waals surface area (Å²) in [5, 5.41) is 14.4. The maximum atomic E-state index is 15.5. The predicted octanol–water partition coefficient (Wildman–Crippen LogP) is 7.64. The number of nitrogens with zero attached hydrogens (tertiary/aromatic N) is 4. The number of rotatable bonds is 12. The standard InChI is InChI=1S/C39H43FN4O5/c1-42(2)34(45)14-9-22-43(39(46)47)23-25-48-31-19-16-29(17-20-31)37(36(28-12-8-13-28)27-10-4-3-5-11-27)30-18-21-33-32(26-30)38(40)41-44(33)35-15-6-7-24-49-35/h3-5,9-11,14,16-21,26,28,35H,6-8,12-13,15,22-25H2,1-2H3,(H,46,47)/b14-9+,37-36-. The van der Waals surface area contributed by atoms with Crippen LogP contribution in [0.1, 0.15) is 61.4 Å². The number of carbonyl (C=O) groups is 2. The second-order valence-electron chi connectivity index (χ2n) is 12.8. The van der Waals surface area contributed by atoms with Crippen molar-refractivity contribution in [3.8, 4) is 5.75 Å². The van der Waals surface area contributed by atoms with Crippen LogP contribution in [-0.4, -0.2) is 77.1 Å². The van der Waals surface area contributed by atoms with Gasteiger partial charge in [0.05, 0.1) is 17.4 Å². The van der Waals surface area contributed by atoms with Crippen LogP contribution in [0.2, 0.25) is 0 Å². The van der Waals surface area contributed by atoms with E-state index in [1.54, 1.807) is 18.8 Å². The van der Waals surface area contributed by atoms with Crippen molar-refractivity contribution in [3.63, 3.8) is 0 Å². The van der Waals surface area contributed by atoms with E-state index in [1.807, 2.05) is 42.5 Å². The molecule has 4 aromatic rings. The molecule has 1 aliphatic heterocycles. The summed E-state index contributed by atoms with van der Waals surface area (Å²) in [7, 11) is 3.27. The lowest BCUT2D eigenvalue weighted by molar-refractivity contribution is -0.123. The van der Waals surface area contributed by atoms with Crippen molar-refractivity contribution >= 4 is 34.0 Å². The van der Waals surface area contributed by atoms with Gasteiger partial charge in [0.1, 0.15) is 12.4 Å². The molecule has 2 aliphatic rings. The summed E-state index contributed by atoms with van der Waals surface area (Å²) in [5.74, 6) is 0.259. The fourth-order valence-corrected chi connectivity index (χ4v) is 6.46. The molecule has 10 heteroatoms. The Labute approximate surface area is 286 Å². The molecule has 2 fully saturated rings. The summed E-state index contributed by atoms with van der Waals surface area (Å²) in [5.41, 5.74) is 6.03.